The second-order valence-electron chi connectivity index (χ2n) is 11.1. The average Bonchev–Trinajstić information content (AvgIpc) is 2.96. The van der Waals surface area contributed by atoms with Crippen LogP contribution in [0.15, 0.2) is 85.1 Å². The van der Waals surface area contributed by atoms with E-state index in [9.17, 15) is 19.5 Å². The molecular formula is C36H56NO7+. The predicted octanol–water partition coefficient (Wildman–Crippen LogP) is 7.06. The van der Waals surface area contributed by atoms with Gasteiger partial charge in [0.05, 0.1) is 34.4 Å². The Hall–Kier alpha value is -3.49. The Morgan fingerprint density at radius 2 is 1.32 bits per heavy atom. The maximum Gasteiger partial charge on any atom is 0.362 e. The summed E-state index contributed by atoms with van der Waals surface area (Å²) in [6.45, 7) is 4.23. The fourth-order valence-corrected chi connectivity index (χ4v) is 3.77. The second-order valence-corrected chi connectivity index (χ2v) is 11.1. The second kappa shape index (κ2) is 27.1. The number of aliphatic carboxylic acids is 1. The highest BCUT2D eigenvalue weighted by Gasteiger charge is 2.31. The molecule has 44 heavy (non-hydrogen) atoms. The van der Waals surface area contributed by atoms with Crippen LogP contribution >= 0.6 is 0 Å². The zero-order valence-corrected chi connectivity index (χ0v) is 27.6. The minimum Gasteiger partial charge on any atom is -0.477 e. The van der Waals surface area contributed by atoms with Crippen LogP contribution in [0.4, 0.5) is 0 Å². The molecule has 0 saturated heterocycles. The molecule has 2 unspecified atom stereocenters. The molecule has 0 fully saturated rings. The highest BCUT2D eigenvalue weighted by molar-refractivity contribution is 5.72. The van der Waals surface area contributed by atoms with Crippen LogP contribution in [0.25, 0.3) is 0 Å². The van der Waals surface area contributed by atoms with E-state index in [1.807, 2.05) is 88.0 Å². The molecule has 0 amide bonds. The molecule has 0 aromatic carbocycles. The number of rotatable bonds is 25. The number of allylic oxidation sites excluding steroid dienone is 14. The number of carboxylic acids is 1. The number of nitrogens with zero attached hydrogens (tertiary/aromatic N) is 1. The van der Waals surface area contributed by atoms with E-state index in [1.165, 1.54) is 0 Å². The molecule has 0 aliphatic heterocycles. The molecule has 0 bridgehead atoms. The van der Waals surface area contributed by atoms with Gasteiger partial charge >= 0.3 is 17.9 Å². The molecule has 0 aromatic heterocycles. The third kappa shape index (κ3) is 25.0. The number of likely N-dealkylation sites (N-methyl/N-ethyl adjacent to an activating group) is 1. The molecule has 8 heteroatoms. The maximum absolute atomic E-state index is 12.5. The summed E-state index contributed by atoms with van der Waals surface area (Å²) in [7, 11) is 5.44. The molecule has 0 aliphatic carbocycles. The third-order valence-corrected chi connectivity index (χ3v) is 6.18. The van der Waals surface area contributed by atoms with Crippen LogP contribution in [0.5, 0.6) is 0 Å². The lowest BCUT2D eigenvalue weighted by Crippen LogP contribution is -2.50. The Kier molecular flexibility index (Phi) is 24.9. The lowest BCUT2D eigenvalue weighted by Gasteiger charge is -2.31. The predicted molar refractivity (Wildman–Crippen MR) is 178 cm³/mol. The topological polar surface area (TPSA) is 99.1 Å². The van der Waals surface area contributed by atoms with Crippen molar-refractivity contribution in [3.8, 4) is 0 Å². The summed E-state index contributed by atoms with van der Waals surface area (Å²) >= 11 is 0. The average molecular weight is 615 g/mol. The van der Waals surface area contributed by atoms with Gasteiger partial charge in [0.25, 0.3) is 0 Å². The van der Waals surface area contributed by atoms with Crippen LogP contribution < -0.4 is 0 Å². The first-order chi connectivity index (χ1) is 21.1. The molecule has 2 atom stereocenters. The summed E-state index contributed by atoms with van der Waals surface area (Å²) in [6, 6.07) is -0.636. The fourth-order valence-electron chi connectivity index (χ4n) is 3.77. The van der Waals surface area contributed by atoms with Crippen molar-refractivity contribution in [1.82, 2.24) is 0 Å². The number of esters is 2. The lowest BCUT2D eigenvalue weighted by atomic mass is 10.1. The molecular weight excluding hydrogens is 558 g/mol. The standard InChI is InChI=1S/C36H55NO7/c1-6-8-10-12-14-15-16-17-18-19-21-23-25-27-35(39)44-32(30-42-29-28-33(36(40)41)37(3,4)5)31-43-34(38)26-24-22-20-13-11-9-7-2/h8-12,14-22,32-33H,6-7,13,23-31H2,1-5H3/p+1/b10-8+,11-9+,14-12+,16-15+,18-17+,21-19+,22-20+. The Bertz CT molecular complexity index is 996. The number of carbonyl (C=O) groups excluding carboxylic acids is 2. The molecule has 0 aromatic rings. The van der Waals surface area contributed by atoms with Gasteiger partial charge in [0, 0.05) is 19.3 Å². The van der Waals surface area contributed by atoms with E-state index in [-0.39, 0.29) is 43.1 Å². The van der Waals surface area contributed by atoms with E-state index in [4.69, 9.17) is 14.2 Å². The SMILES string of the molecule is CC/C=C/C=C/C=C/C=C/C=C/CCCC(=O)OC(COCCC(C(=O)O)[N+](C)(C)C)COC(=O)CC/C=C/C/C=C/CC. The summed E-state index contributed by atoms with van der Waals surface area (Å²) in [5.74, 6) is -1.68. The molecule has 0 radical (unpaired) electrons. The number of unbranched alkanes of at least 4 members (excludes halogenated alkanes) is 1. The van der Waals surface area contributed by atoms with Gasteiger partial charge in [-0.05, 0) is 38.5 Å². The van der Waals surface area contributed by atoms with Crippen molar-refractivity contribution in [1.29, 1.82) is 0 Å². The Balaban J connectivity index is 4.74. The molecule has 0 rings (SSSR count). The number of ether oxygens (including phenoxy) is 3. The van der Waals surface area contributed by atoms with Gasteiger partial charge in [0.15, 0.2) is 12.1 Å². The quantitative estimate of drug-likeness (QED) is 0.0386. The van der Waals surface area contributed by atoms with E-state index >= 15 is 0 Å². The van der Waals surface area contributed by atoms with E-state index in [0.717, 1.165) is 19.3 Å². The van der Waals surface area contributed by atoms with E-state index in [1.54, 1.807) is 0 Å². The van der Waals surface area contributed by atoms with Crippen LogP contribution in [0, 0.1) is 0 Å². The summed E-state index contributed by atoms with van der Waals surface area (Å²) in [6.07, 6.45) is 32.5. The van der Waals surface area contributed by atoms with Gasteiger partial charge in [-0.15, -0.1) is 0 Å². The third-order valence-electron chi connectivity index (χ3n) is 6.18. The summed E-state index contributed by atoms with van der Waals surface area (Å²) in [4.78, 5) is 36.4. The number of quaternary nitrogens is 1. The molecule has 8 nitrogen and oxygen atoms in total. The lowest BCUT2D eigenvalue weighted by molar-refractivity contribution is -0.887. The highest BCUT2D eigenvalue weighted by Crippen LogP contribution is 2.10. The van der Waals surface area contributed by atoms with Gasteiger partial charge in [-0.2, -0.15) is 0 Å². The number of hydrogen-bond acceptors (Lipinski definition) is 6. The van der Waals surface area contributed by atoms with Crippen LogP contribution in [-0.2, 0) is 28.6 Å². The van der Waals surface area contributed by atoms with Crippen LogP contribution in [0.2, 0.25) is 0 Å². The van der Waals surface area contributed by atoms with Gasteiger partial charge < -0.3 is 23.8 Å². The highest BCUT2D eigenvalue weighted by atomic mass is 16.6. The monoisotopic (exact) mass is 614 g/mol. The molecule has 0 spiro atoms. The van der Waals surface area contributed by atoms with Crippen LogP contribution in [-0.4, -0.2) is 80.6 Å². The Morgan fingerprint density at radius 1 is 0.705 bits per heavy atom. The van der Waals surface area contributed by atoms with E-state index in [2.05, 4.69) is 32.1 Å². The number of hydrogen-bond donors (Lipinski definition) is 1. The van der Waals surface area contributed by atoms with Crippen molar-refractivity contribution in [3.05, 3.63) is 85.1 Å². The van der Waals surface area contributed by atoms with Crippen molar-refractivity contribution < 1.29 is 38.2 Å². The number of carboxylic acid groups (broad SMARTS) is 1. The Morgan fingerprint density at radius 3 is 1.93 bits per heavy atom. The normalized spacial score (nSPS) is 14.3. The minimum atomic E-state index is -0.901. The van der Waals surface area contributed by atoms with Gasteiger partial charge in [-0.3, -0.25) is 9.59 Å². The molecule has 0 aliphatic rings. The molecule has 0 saturated carbocycles. The van der Waals surface area contributed by atoms with Gasteiger partial charge in [-0.25, -0.2) is 4.79 Å². The summed E-state index contributed by atoms with van der Waals surface area (Å²) in [5.41, 5.74) is 0. The Labute approximate surface area is 265 Å². The minimum absolute atomic E-state index is 0.00840. The van der Waals surface area contributed by atoms with E-state index < -0.39 is 24.1 Å². The van der Waals surface area contributed by atoms with Gasteiger partial charge in [0.2, 0.25) is 0 Å². The first-order valence-electron chi connectivity index (χ1n) is 15.7. The van der Waals surface area contributed by atoms with Crippen molar-refractivity contribution in [2.45, 2.75) is 83.8 Å². The first kappa shape index (κ1) is 40.5. The smallest absolute Gasteiger partial charge is 0.362 e. The molecule has 0 heterocycles. The summed E-state index contributed by atoms with van der Waals surface area (Å²) in [5, 5.41) is 9.52. The fraction of sp³-hybridized carbons (Fsp3) is 0.528. The van der Waals surface area contributed by atoms with Gasteiger partial charge in [0.1, 0.15) is 6.61 Å². The van der Waals surface area contributed by atoms with Crippen molar-refractivity contribution in [2.75, 3.05) is 41.0 Å². The zero-order valence-electron chi connectivity index (χ0n) is 27.6. The first-order valence-corrected chi connectivity index (χ1v) is 15.7. The summed E-state index contributed by atoms with van der Waals surface area (Å²) < 4.78 is 16.9. The van der Waals surface area contributed by atoms with Crippen LogP contribution in [0.3, 0.4) is 0 Å². The maximum atomic E-state index is 12.5. The van der Waals surface area contributed by atoms with Gasteiger partial charge in [-0.1, -0.05) is 98.9 Å². The van der Waals surface area contributed by atoms with Crippen LogP contribution in [0.1, 0.15) is 71.6 Å². The molecule has 246 valence electrons. The zero-order chi connectivity index (χ0) is 32.9. The number of carbonyl (C=O) groups is 3. The van der Waals surface area contributed by atoms with E-state index in [0.29, 0.717) is 25.7 Å². The van der Waals surface area contributed by atoms with Crippen molar-refractivity contribution in [3.63, 3.8) is 0 Å². The molecule has 1 N–H and O–H groups in total. The van der Waals surface area contributed by atoms with Crippen molar-refractivity contribution >= 4 is 17.9 Å². The largest absolute Gasteiger partial charge is 0.477 e. The van der Waals surface area contributed by atoms with Crippen molar-refractivity contribution in [2.24, 2.45) is 0 Å².